The highest BCUT2D eigenvalue weighted by Crippen LogP contribution is 2.45. The fraction of sp³-hybridized carbons (Fsp3) is 0.867. The van der Waals surface area contributed by atoms with Crippen LogP contribution in [0, 0.1) is 10.8 Å². The van der Waals surface area contributed by atoms with E-state index in [1.165, 1.54) is 0 Å². The number of amides is 1. The monoisotopic (exact) mass is 267 g/mol. The van der Waals surface area contributed by atoms with Crippen molar-refractivity contribution in [3.63, 3.8) is 0 Å². The van der Waals surface area contributed by atoms with Gasteiger partial charge < -0.3 is 10.4 Å². The molecule has 1 unspecified atom stereocenters. The average Bonchev–Trinajstić information content (AvgIpc) is 2.96. The van der Waals surface area contributed by atoms with Gasteiger partial charge in [0.15, 0.2) is 0 Å². The molecule has 4 nitrogen and oxygen atoms in total. The summed E-state index contributed by atoms with van der Waals surface area (Å²) in [5, 5.41) is 12.5. The highest BCUT2D eigenvalue weighted by Gasteiger charge is 2.48. The Morgan fingerprint density at radius 1 is 1.16 bits per heavy atom. The van der Waals surface area contributed by atoms with Gasteiger partial charge in [0.1, 0.15) is 0 Å². The summed E-state index contributed by atoms with van der Waals surface area (Å²) in [5.74, 6) is -0.875. The normalized spacial score (nSPS) is 28.2. The van der Waals surface area contributed by atoms with Crippen molar-refractivity contribution in [2.24, 2.45) is 10.8 Å². The molecule has 0 aromatic carbocycles. The van der Waals surface area contributed by atoms with Gasteiger partial charge in [0.05, 0.1) is 5.41 Å². The van der Waals surface area contributed by atoms with E-state index in [1.54, 1.807) is 0 Å². The van der Waals surface area contributed by atoms with Crippen LogP contribution in [0.15, 0.2) is 0 Å². The van der Waals surface area contributed by atoms with Crippen LogP contribution in [0.2, 0.25) is 0 Å². The van der Waals surface area contributed by atoms with Crippen molar-refractivity contribution in [3.05, 3.63) is 0 Å². The molecule has 2 fully saturated rings. The quantitative estimate of drug-likeness (QED) is 0.770. The van der Waals surface area contributed by atoms with Crippen LogP contribution in [0.4, 0.5) is 0 Å². The van der Waals surface area contributed by atoms with Gasteiger partial charge in [-0.25, -0.2) is 0 Å². The number of hydrogen-bond donors (Lipinski definition) is 2. The molecule has 1 amide bonds. The summed E-state index contributed by atoms with van der Waals surface area (Å²) >= 11 is 0. The number of carbonyl (C=O) groups is 2. The van der Waals surface area contributed by atoms with Crippen molar-refractivity contribution >= 4 is 11.9 Å². The largest absolute Gasteiger partial charge is 0.481 e. The van der Waals surface area contributed by atoms with Gasteiger partial charge in [-0.05, 0) is 24.7 Å². The summed E-state index contributed by atoms with van der Waals surface area (Å²) in [6.07, 6.45) is 6.46. The number of carboxylic acid groups (broad SMARTS) is 1. The van der Waals surface area contributed by atoms with Crippen molar-refractivity contribution in [1.29, 1.82) is 0 Å². The Hall–Kier alpha value is -1.06. The van der Waals surface area contributed by atoms with Crippen molar-refractivity contribution in [2.75, 3.05) is 0 Å². The van der Waals surface area contributed by atoms with Crippen LogP contribution in [0.1, 0.15) is 65.2 Å². The molecule has 0 aliphatic heterocycles. The minimum absolute atomic E-state index is 0.0834. The van der Waals surface area contributed by atoms with Gasteiger partial charge >= 0.3 is 5.97 Å². The van der Waals surface area contributed by atoms with Gasteiger partial charge in [-0.3, -0.25) is 9.59 Å². The molecule has 0 aromatic heterocycles. The van der Waals surface area contributed by atoms with Crippen LogP contribution >= 0.6 is 0 Å². The molecular weight excluding hydrogens is 242 g/mol. The first-order chi connectivity index (χ1) is 8.86. The van der Waals surface area contributed by atoms with E-state index >= 15 is 0 Å². The summed E-state index contributed by atoms with van der Waals surface area (Å²) < 4.78 is 0. The Labute approximate surface area is 115 Å². The minimum Gasteiger partial charge on any atom is -0.481 e. The van der Waals surface area contributed by atoms with E-state index in [9.17, 15) is 14.7 Å². The second kappa shape index (κ2) is 5.14. The van der Waals surface area contributed by atoms with E-state index in [4.69, 9.17) is 0 Å². The number of nitrogens with one attached hydrogen (secondary N) is 1. The van der Waals surface area contributed by atoms with Gasteiger partial charge in [0, 0.05) is 12.5 Å². The zero-order chi connectivity index (χ0) is 14.1. The van der Waals surface area contributed by atoms with Crippen LogP contribution in [-0.2, 0) is 9.59 Å². The highest BCUT2D eigenvalue weighted by atomic mass is 16.4. The molecule has 4 heteroatoms. The molecule has 2 saturated carbocycles. The summed E-state index contributed by atoms with van der Waals surface area (Å²) in [6.45, 7) is 4.24. The Morgan fingerprint density at radius 2 is 1.68 bits per heavy atom. The fourth-order valence-corrected chi connectivity index (χ4v) is 3.14. The lowest BCUT2D eigenvalue weighted by molar-refractivity contribution is -0.152. The Kier molecular flexibility index (Phi) is 3.88. The molecule has 2 aliphatic rings. The van der Waals surface area contributed by atoms with E-state index in [2.05, 4.69) is 19.2 Å². The molecular formula is C15H25NO3. The highest BCUT2D eigenvalue weighted by molar-refractivity contribution is 5.85. The number of carbonyl (C=O) groups excluding carboxylic acids is 1. The van der Waals surface area contributed by atoms with Gasteiger partial charge in [-0.2, -0.15) is 0 Å². The van der Waals surface area contributed by atoms with Gasteiger partial charge in [-0.1, -0.05) is 39.5 Å². The predicted molar refractivity (Wildman–Crippen MR) is 72.7 cm³/mol. The molecule has 2 N–H and O–H groups in total. The molecule has 0 heterocycles. The third kappa shape index (κ3) is 3.28. The first kappa shape index (κ1) is 14.4. The summed E-state index contributed by atoms with van der Waals surface area (Å²) in [5.41, 5.74) is -0.630. The first-order valence-corrected chi connectivity index (χ1v) is 7.39. The van der Waals surface area contributed by atoms with Crippen LogP contribution in [-0.4, -0.2) is 23.0 Å². The lowest BCUT2D eigenvalue weighted by Gasteiger charge is -2.27. The molecule has 2 aliphatic carbocycles. The molecule has 0 spiro atoms. The van der Waals surface area contributed by atoms with E-state index in [-0.39, 0.29) is 23.8 Å². The number of rotatable bonds is 4. The summed E-state index contributed by atoms with van der Waals surface area (Å²) in [4.78, 5) is 23.7. The lowest BCUT2D eigenvalue weighted by atomic mass is 9.77. The van der Waals surface area contributed by atoms with E-state index in [0.717, 1.165) is 32.1 Å². The molecule has 1 atom stereocenters. The smallest absolute Gasteiger partial charge is 0.310 e. The maximum absolute atomic E-state index is 12.1. The Balaban J connectivity index is 1.96. The zero-order valence-corrected chi connectivity index (χ0v) is 12.0. The molecule has 0 aromatic rings. The third-order valence-electron chi connectivity index (χ3n) is 4.86. The average molecular weight is 267 g/mol. The summed E-state index contributed by atoms with van der Waals surface area (Å²) in [7, 11) is 0. The molecule has 0 bridgehead atoms. The molecule has 19 heavy (non-hydrogen) atoms. The van der Waals surface area contributed by atoms with E-state index in [0.29, 0.717) is 12.8 Å². The van der Waals surface area contributed by atoms with Crippen molar-refractivity contribution in [2.45, 2.75) is 71.3 Å². The van der Waals surface area contributed by atoms with E-state index in [1.807, 2.05) is 0 Å². The lowest BCUT2D eigenvalue weighted by Crippen LogP contribution is -2.38. The van der Waals surface area contributed by atoms with Crippen LogP contribution in [0.25, 0.3) is 0 Å². The van der Waals surface area contributed by atoms with Crippen molar-refractivity contribution in [1.82, 2.24) is 5.32 Å². The Bertz CT molecular complexity index is 368. The van der Waals surface area contributed by atoms with Gasteiger partial charge in [-0.15, -0.1) is 0 Å². The minimum atomic E-state index is -0.820. The molecule has 108 valence electrons. The Morgan fingerprint density at radius 3 is 2.11 bits per heavy atom. The van der Waals surface area contributed by atoms with E-state index < -0.39 is 11.4 Å². The van der Waals surface area contributed by atoms with Crippen LogP contribution < -0.4 is 5.32 Å². The number of carboxylic acids is 1. The standard InChI is InChI=1S/C15H25NO3/c1-14(2)9-11(14)16-12(17)10-15(13(18)19)7-5-3-4-6-8-15/h11H,3-10H2,1-2H3,(H,16,17)(H,18,19). The fourth-order valence-electron chi connectivity index (χ4n) is 3.14. The predicted octanol–water partition coefficient (Wildman–Crippen LogP) is 2.72. The number of hydrogen-bond acceptors (Lipinski definition) is 2. The molecule has 2 rings (SSSR count). The number of aliphatic carboxylic acids is 1. The van der Waals surface area contributed by atoms with Crippen LogP contribution in [0.3, 0.4) is 0 Å². The topological polar surface area (TPSA) is 66.4 Å². The SMILES string of the molecule is CC1(C)CC1NC(=O)CC1(C(=O)O)CCCCCC1. The summed E-state index contributed by atoms with van der Waals surface area (Å²) in [6, 6.07) is 0.233. The third-order valence-corrected chi connectivity index (χ3v) is 4.86. The van der Waals surface area contributed by atoms with Crippen molar-refractivity contribution in [3.8, 4) is 0 Å². The molecule has 0 saturated heterocycles. The van der Waals surface area contributed by atoms with Crippen LogP contribution in [0.5, 0.6) is 0 Å². The zero-order valence-electron chi connectivity index (χ0n) is 12.0. The maximum atomic E-state index is 12.1. The first-order valence-electron chi connectivity index (χ1n) is 7.39. The molecule has 0 radical (unpaired) electrons. The maximum Gasteiger partial charge on any atom is 0.310 e. The van der Waals surface area contributed by atoms with Crippen molar-refractivity contribution < 1.29 is 14.7 Å². The second-order valence-electron chi connectivity index (χ2n) is 6.99. The van der Waals surface area contributed by atoms with Gasteiger partial charge in [0.25, 0.3) is 0 Å². The second-order valence-corrected chi connectivity index (χ2v) is 6.99. The van der Waals surface area contributed by atoms with Gasteiger partial charge in [0.2, 0.25) is 5.91 Å².